The van der Waals surface area contributed by atoms with E-state index in [4.69, 9.17) is 12.2 Å². The van der Waals surface area contributed by atoms with Gasteiger partial charge in [0.2, 0.25) is 0 Å². The van der Waals surface area contributed by atoms with E-state index in [1.54, 1.807) is 0 Å². The van der Waals surface area contributed by atoms with Gasteiger partial charge in [-0.25, -0.2) is 4.98 Å². The lowest BCUT2D eigenvalue weighted by Gasteiger charge is -2.01. The molecule has 0 amide bonds. The lowest BCUT2D eigenvalue weighted by Crippen LogP contribution is -1.99. The Bertz CT molecular complexity index is 536. The minimum absolute atomic E-state index is 0.796. The van der Waals surface area contributed by atoms with Crippen LogP contribution >= 0.6 is 12.2 Å². The molecular formula is C11H13N3S. The van der Waals surface area contributed by atoms with Gasteiger partial charge < -0.3 is 9.55 Å². The van der Waals surface area contributed by atoms with Gasteiger partial charge in [0.25, 0.3) is 0 Å². The average Bonchev–Trinajstić information content (AvgIpc) is 3.00. The molecule has 0 aromatic carbocycles. The monoisotopic (exact) mass is 219 g/mol. The number of aromatic nitrogens is 3. The maximum atomic E-state index is 5.29. The summed E-state index contributed by atoms with van der Waals surface area (Å²) in [5.74, 6) is 0.931. The average molecular weight is 219 g/mol. The highest BCUT2D eigenvalue weighted by atomic mass is 32.1. The van der Waals surface area contributed by atoms with E-state index in [1.165, 1.54) is 19.3 Å². The number of nitrogens with one attached hydrogen (secondary N) is 1. The van der Waals surface area contributed by atoms with Crippen LogP contribution in [0.1, 0.15) is 19.3 Å². The number of nitrogens with zero attached hydrogens (tertiary/aromatic N) is 2. The maximum Gasteiger partial charge on any atom is 0.179 e. The molecule has 1 saturated carbocycles. The first-order chi connectivity index (χ1) is 7.34. The first-order valence-electron chi connectivity index (χ1n) is 5.38. The number of hydrogen-bond donors (Lipinski definition) is 1. The van der Waals surface area contributed by atoms with E-state index in [0.29, 0.717) is 0 Å². The van der Waals surface area contributed by atoms with Crippen molar-refractivity contribution in [1.29, 1.82) is 0 Å². The van der Waals surface area contributed by atoms with Crippen LogP contribution in [0.2, 0.25) is 0 Å². The molecule has 0 radical (unpaired) electrons. The summed E-state index contributed by atoms with van der Waals surface area (Å²) in [7, 11) is 0. The Hall–Kier alpha value is -1.16. The molecule has 0 aliphatic heterocycles. The van der Waals surface area contributed by atoms with Gasteiger partial charge in [-0.2, -0.15) is 0 Å². The van der Waals surface area contributed by atoms with E-state index in [9.17, 15) is 0 Å². The van der Waals surface area contributed by atoms with Gasteiger partial charge >= 0.3 is 0 Å². The van der Waals surface area contributed by atoms with Gasteiger partial charge in [-0.15, -0.1) is 0 Å². The first kappa shape index (κ1) is 9.09. The Morgan fingerprint density at radius 2 is 2.40 bits per heavy atom. The van der Waals surface area contributed by atoms with Gasteiger partial charge in [0.15, 0.2) is 10.4 Å². The second-order valence-electron chi connectivity index (χ2n) is 4.19. The van der Waals surface area contributed by atoms with Crippen LogP contribution in [0.4, 0.5) is 0 Å². The lowest BCUT2D eigenvalue weighted by atomic mass is 10.3. The number of hydrogen-bond acceptors (Lipinski definition) is 2. The summed E-state index contributed by atoms with van der Waals surface area (Å²) in [5.41, 5.74) is 2.03. The quantitative estimate of drug-likeness (QED) is 0.805. The summed E-state index contributed by atoms with van der Waals surface area (Å²) >= 11 is 5.29. The van der Waals surface area contributed by atoms with Crippen molar-refractivity contribution in [2.75, 3.05) is 0 Å². The molecule has 0 atom stereocenters. The zero-order valence-electron chi connectivity index (χ0n) is 8.44. The summed E-state index contributed by atoms with van der Waals surface area (Å²) in [6, 6.07) is 3.95. The van der Waals surface area contributed by atoms with E-state index in [0.717, 1.165) is 28.4 Å². The third-order valence-electron chi connectivity index (χ3n) is 2.99. The van der Waals surface area contributed by atoms with Gasteiger partial charge in [-0.3, -0.25) is 0 Å². The number of aryl methyl sites for hydroxylation is 1. The van der Waals surface area contributed by atoms with Crippen molar-refractivity contribution in [2.45, 2.75) is 25.8 Å². The van der Waals surface area contributed by atoms with Crippen LogP contribution in [0.5, 0.6) is 0 Å². The second kappa shape index (κ2) is 3.45. The fraction of sp³-hybridized carbons (Fsp3) is 0.455. The highest BCUT2D eigenvalue weighted by Crippen LogP contribution is 2.33. The van der Waals surface area contributed by atoms with Crippen molar-refractivity contribution < 1.29 is 0 Å². The number of aromatic amines is 1. The summed E-state index contributed by atoms with van der Waals surface area (Å²) in [5, 5.41) is 0. The van der Waals surface area contributed by atoms with Gasteiger partial charge in [0.1, 0.15) is 0 Å². The molecule has 1 aliphatic rings. The molecule has 2 aromatic heterocycles. The maximum absolute atomic E-state index is 5.29. The van der Waals surface area contributed by atoms with Gasteiger partial charge in [0.05, 0.1) is 5.52 Å². The van der Waals surface area contributed by atoms with Gasteiger partial charge in [-0.1, -0.05) is 12.8 Å². The molecule has 0 unspecified atom stereocenters. The van der Waals surface area contributed by atoms with Gasteiger partial charge in [0, 0.05) is 12.7 Å². The SMILES string of the molecule is S=c1[nH]c2cccnc2n1CCC1CC1. The highest BCUT2D eigenvalue weighted by molar-refractivity contribution is 7.71. The van der Waals surface area contributed by atoms with Crippen molar-refractivity contribution in [2.24, 2.45) is 5.92 Å². The van der Waals surface area contributed by atoms with Crippen LogP contribution in [0.25, 0.3) is 11.2 Å². The van der Waals surface area contributed by atoms with E-state index in [-0.39, 0.29) is 0 Å². The molecular weight excluding hydrogens is 206 g/mol. The predicted octanol–water partition coefficient (Wildman–Crippen LogP) is 2.89. The number of pyridine rings is 1. The normalized spacial score (nSPS) is 16.0. The van der Waals surface area contributed by atoms with E-state index in [1.807, 2.05) is 18.3 Å². The Morgan fingerprint density at radius 3 is 3.20 bits per heavy atom. The third kappa shape index (κ3) is 1.69. The Labute approximate surface area is 93.1 Å². The van der Waals surface area contributed by atoms with Crippen LogP contribution in [0.3, 0.4) is 0 Å². The summed E-state index contributed by atoms with van der Waals surface area (Å²) in [6.07, 6.45) is 5.84. The zero-order chi connectivity index (χ0) is 10.3. The number of fused-ring (bicyclic) bond motifs is 1. The third-order valence-corrected chi connectivity index (χ3v) is 3.31. The number of imidazole rings is 1. The molecule has 1 aliphatic carbocycles. The number of H-pyrrole nitrogens is 1. The molecule has 3 rings (SSSR count). The molecule has 4 heteroatoms. The number of rotatable bonds is 3. The van der Waals surface area contributed by atoms with Crippen LogP contribution in [0, 0.1) is 10.7 Å². The van der Waals surface area contributed by atoms with E-state index >= 15 is 0 Å². The Kier molecular flexibility index (Phi) is 2.09. The molecule has 0 saturated heterocycles. The standard InChI is InChI=1S/C11H13N3S/c15-11-13-9-2-1-6-12-10(9)14(11)7-5-8-3-4-8/h1-2,6,8H,3-5,7H2,(H,13,15). The first-order valence-corrected chi connectivity index (χ1v) is 5.79. The van der Waals surface area contributed by atoms with Crippen molar-refractivity contribution in [3.63, 3.8) is 0 Å². The molecule has 3 nitrogen and oxygen atoms in total. The summed E-state index contributed by atoms with van der Waals surface area (Å²) in [4.78, 5) is 7.55. The molecule has 0 spiro atoms. The van der Waals surface area contributed by atoms with Crippen LogP contribution in [-0.4, -0.2) is 14.5 Å². The Balaban J connectivity index is 1.99. The van der Waals surface area contributed by atoms with Gasteiger partial charge in [-0.05, 0) is 36.7 Å². The molecule has 1 fully saturated rings. The van der Waals surface area contributed by atoms with Crippen molar-refractivity contribution in [1.82, 2.24) is 14.5 Å². The van der Waals surface area contributed by atoms with Crippen LogP contribution in [0.15, 0.2) is 18.3 Å². The molecule has 2 heterocycles. The van der Waals surface area contributed by atoms with Crippen LogP contribution < -0.4 is 0 Å². The minimum atomic E-state index is 0.796. The topological polar surface area (TPSA) is 33.6 Å². The molecule has 0 bridgehead atoms. The second-order valence-corrected chi connectivity index (χ2v) is 4.58. The molecule has 15 heavy (non-hydrogen) atoms. The Morgan fingerprint density at radius 1 is 1.53 bits per heavy atom. The molecule has 2 aromatic rings. The highest BCUT2D eigenvalue weighted by Gasteiger charge is 2.21. The molecule has 1 N–H and O–H groups in total. The largest absolute Gasteiger partial charge is 0.329 e. The molecule has 78 valence electrons. The lowest BCUT2D eigenvalue weighted by molar-refractivity contribution is 0.600. The van der Waals surface area contributed by atoms with Crippen molar-refractivity contribution in [3.05, 3.63) is 23.1 Å². The van der Waals surface area contributed by atoms with E-state index < -0.39 is 0 Å². The predicted molar refractivity (Wildman–Crippen MR) is 62.3 cm³/mol. The summed E-state index contributed by atoms with van der Waals surface area (Å²) < 4.78 is 2.91. The summed E-state index contributed by atoms with van der Waals surface area (Å²) in [6.45, 7) is 1.00. The zero-order valence-corrected chi connectivity index (χ0v) is 9.26. The van der Waals surface area contributed by atoms with Crippen LogP contribution in [-0.2, 0) is 6.54 Å². The van der Waals surface area contributed by atoms with Crippen molar-refractivity contribution in [3.8, 4) is 0 Å². The minimum Gasteiger partial charge on any atom is -0.329 e. The smallest absolute Gasteiger partial charge is 0.179 e. The fourth-order valence-electron chi connectivity index (χ4n) is 1.91. The van der Waals surface area contributed by atoms with Crippen molar-refractivity contribution >= 4 is 23.4 Å². The fourth-order valence-corrected chi connectivity index (χ4v) is 2.20. The van der Waals surface area contributed by atoms with E-state index in [2.05, 4.69) is 14.5 Å².